The van der Waals surface area contributed by atoms with Gasteiger partial charge in [-0.1, -0.05) is 39.0 Å². The second-order valence-corrected chi connectivity index (χ2v) is 4.73. The Bertz CT molecular complexity index is 387. The summed E-state index contributed by atoms with van der Waals surface area (Å²) in [6.45, 7) is 2.21. The highest BCUT2D eigenvalue weighted by atomic mass is 16.5. The minimum atomic E-state index is -0.0509. The van der Waals surface area contributed by atoms with E-state index >= 15 is 0 Å². The second kappa shape index (κ2) is 9.50. The van der Waals surface area contributed by atoms with Crippen LogP contribution in [0.4, 0.5) is 0 Å². The Hall–Kier alpha value is -1.40. The molecule has 0 aromatic carbocycles. The van der Waals surface area contributed by atoms with Gasteiger partial charge in [0.05, 0.1) is 26.5 Å². The van der Waals surface area contributed by atoms with Gasteiger partial charge < -0.3 is 9.47 Å². The first kappa shape index (κ1) is 16.7. The molecule has 0 amide bonds. The highest BCUT2D eigenvalue weighted by Gasteiger charge is 2.18. The first-order valence-electron chi connectivity index (χ1n) is 7.17. The first-order chi connectivity index (χ1) is 9.76. The van der Waals surface area contributed by atoms with Gasteiger partial charge in [0.2, 0.25) is 11.8 Å². The molecule has 0 bridgehead atoms. The van der Waals surface area contributed by atoms with Crippen molar-refractivity contribution < 1.29 is 9.47 Å². The maximum absolute atomic E-state index is 5.64. The monoisotopic (exact) mass is 282 g/mol. The van der Waals surface area contributed by atoms with E-state index < -0.39 is 0 Å². The van der Waals surface area contributed by atoms with E-state index in [4.69, 9.17) is 15.3 Å². The average molecular weight is 282 g/mol. The summed E-state index contributed by atoms with van der Waals surface area (Å²) in [4.78, 5) is 8.59. The van der Waals surface area contributed by atoms with E-state index in [0.29, 0.717) is 11.8 Å². The first-order valence-corrected chi connectivity index (χ1v) is 7.17. The zero-order valence-electron chi connectivity index (χ0n) is 12.7. The normalized spacial score (nSPS) is 12.2. The molecule has 6 nitrogen and oxygen atoms in total. The molecule has 20 heavy (non-hydrogen) atoms. The van der Waals surface area contributed by atoms with E-state index in [1.165, 1.54) is 25.7 Å². The third kappa shape index (κ3) is 4.94. The smallest absolute Gasteiger partial charge is 0.240 e. The van der Waals surface area contributed by atoms with Crippen molar-refractivity contribution in [3.8, 4) is 11.8 Å². The summed E-state index contributed by atoms with van der Waals surface area (Å²) in [6.07, 6.45) is 8.60. The van der Waals surface area contributed by atoms with Crippen molar-refractivity contribution in [1.82, 2.24) is 15.4 Å². The fraction of sp³-hybridized carbons (Fsp3) is 0.714. The standard InChI is InChI=1S/C14H26N4O2/c1-4-5-6-7-8-9-11(18-15)13-14(20-3)17-12(19-2)10-16-13/h10-11,18H,4-9,15H2,1-3H3. The molecule has 0 saturated heterocycles. The zero-order chi connectivity index (χ0) is 14.8. The SMILES string of the molecule is CCCCCCCC(NN)c1ncc(OC)nc1OC. The molecule has 0 fully saturated rings. The largest absolute Gasteiger partial charge is 0.480 e. The van der Waals surface area contributed by atoms with Crippen LogP contribution < -0.4 is 20.7 Å². The molecule has 1 unspecified atom stereocenters. The molecule has 0 spiro atoms. The molecule has 6 heteroatoms. The number of hydrogen-bond acceptors (Lipinski definition) is 6. The number of unbranched alkanes of at least 4 members (excludes halogenated alkanes) is 4. The number of nitrogens with two attached hydrogens (primary N) is 1. The molecule has 1 aromatic heterocycles. The molecular weight excluding hydrogens is 256 g/mol. The summed E-state index contributed by atoms with van der Waals surface area (Å²) < 4.78 is 10.3. The lowest BCUT2D eigenvalue weighted by Gasteiger charge is -2.17. The van der Waals surface area contributed by atoms with Gasteiger partial charge in [0.25, 0.3) is 0 Å². The van der Waals surface area contributed by atoms with Gasteiger partial charge >= 0.3 is 0 Å². The van der Waals surface area contributed by atoms with Gasteiger partial charge in [-0.15, -0.1) is 0 Å². The van der Waals surface area contributed by atoms with Crippen LogP contribution in [0.5, 0.6) is 11.8 Å². The molecule has 0 aliphatic rings. The number of hydrazine groups is 1. The van der Waals surface area contributed by atoms with Crippen molar-refractivity contribution in [2.75, 3.05) is 14.2 Å². The fourth-order valence-corrected chi connectivity index (χ4v) is 2.10. The Morgan fingerprint density at radius 3 is 2.55 bits per heavy atom. The Balaban J connectivity index is 2.64. The van der Waals surface area contributed by atoms with Crippen LogP contribution in [0.25, 0.3) is 0 Å². The Kier molecular flexibility index (Phi) is 7.91. The fourth-order valence-electron chi connectivity index (χ4n) is 2.10. The van der Waals surface area contributed by atoms with E-state index in [0.717, 1.165) is 18.5 Å². The van der Waals surface area contributed by atoms with Gasteiger partial charge in [-0.05, 0) is 6.42 Å². The molecule has 0 saturated carbocycles. The van der Waals surface area contributed by atoms with Crippen LogP contribution in [0, 0.1) is 0 Å². The number of ether oxygens (including phenoxy) is 2. The van der Waals surface area contributed by atoms with Crippen molar-refractivity contribution >= 4 is 0 Å². The summed E-state index contributed by atoms with van der Waals surface area (Å²) in [7, 11) is 3.12. The quantitative estimate of drug-likeness (QED) is 0.389. The van der Waals surface area contributed by atoms with Crippen molar-refractivity contribution in [3.63, 3.8) is 0 Å². The molecular formula is C14H26N4O2. The molecule has 1 atom stereocenters. The highest BCUT2D eigenvalue weighted by molar-refractivity contribution is 5.25. The number of hydrogen-bond donors (Lipinski definition) is 2. The molecule has 1 rings (SSSR count). The van der Waals surface area contributed by atoms with E-state index in [1.54, 1.807) is 20.4 Å². The predicted octanol–water partition coefficient (Wildman–Crippen LogP) is 2.36. The molecule has 0 aliphatic carbocycles. The van der Waals surface area contributed by atoms with Crippen LogP contribution in [0.3, 0.4) is 0 Å². The number of nitrogens with one attached hydrogen (secondary N) is 1. The van der Waals surface area contributed by atoms with Crippen LogP contribution in [-0.4, -0.2) is 24.2 Å². The van der Waals surface area contributed by atoms with Gasteiger partial charge in [-0.2, -0.15) is 4.98 Å². The topological polar surface area (TPSA) is 82.3 Å². The lowest BCUT2D eigenvalue weighted by Crippen LogP contribution is -2.29. The number of nitrogens with zero attached hydrogens (tertiary/aromatic N) is 2. The third-order valence-corrected chi connectivity index (χ3v) is 3.28. The van der Waals surface area contributed by atoms with Gasteiger partial charge in [0, 0.05) is 0 Å². The summed E-state index contributed by atoms with van der Waals surface area (Å²) >= 11 is 0. The van der Waals surface area contributed by atoms with E-state index in [-0.39, 0.29) is 6.04 Å². The average Bonchev–Trinajstić information content (AvgIpc) is 2.50. The lowest BCUT2D eigenvalue weighted by atomic mass is 10.0. The molecule has 114 valence electrons. The molecule has 0 radical (unpaired) electrons. The van der Waals surface area contributed by atoms with Crippen LogP contribution in [-0.2, 0) is 0 Å². The Morgan fingerprint density at radius 2 is 1.95 bits per heavy atom. The maximum Gasteiger partial charge on any atom is 0.240 e. The zero-order valence-corrected chi connectivity index (χ0v) is 12.7. The second-order valence-electron chi connectivity index (χ2n) is 4.73. The number of aromatic nitrogens is 2. The molecule has 0 aliphatic heterocycles. The molecule has 1 aromatic rings. The summed E-state index contributed by atoms with van der Waals surface area (Å²) in [5, 5.41) is 0. The van der Waals surface area contributed by atoms with E-state index in [9.17, 15) is 0 Å². The van der Waals surface area contributed by atoms with Crippen molar-refractivity contribution in [2.45, 2.75) is 51.5 Å². The lowest BCUT2D eigenvalue weighted by molar-refractivity contribution is 0.346. The maximum atomic E-state index is 5.64. The van der Waals surface area contributed by atoms with Crippen LogP contribution >= 0.6 is 0 Å². The van der Waals surface area contributed by atoms with E-state index in [2.05, 4.69) is 22.3 Å². The third-order valence-electron chi connectivity index (χ3n) is 3.28. The molecule has 3 N–H and O–H groups in total. The van der Waals surface area contributed by atoms with Crippen LogP contribution in [0.1, 0.15) is 57.2 Å². The van der Waals surface area contributed by atoms with Gasteiger partial charge in [0.15, 0.2) is 0 Å². The van der Waals surface area contributed by atoms with Crippen LogP contribution in [0.2, 0.25) is 0 Å². The minimum Gasteiger partial charge on any atom is -0.480 e. The number of methoxy groups -OCH3 is 2. The van der Waals surface area contributed by atoms with Crippen molar-refractivity contribution in [2.24, 2.45) is 5.84 Å². The Labute approximate surface area is 121 Å². The van der Waals surface area contributed by atoms with E-state index in [1.807, 2.05) is 0 Å². The number of rotatable bonds is 10. The van der Waals surface area contributed by atoms with Gasteiger partial charge in [-0.25, -0.2) is 4.98 Å². The van der Waals surface area contributed by atoms with Gasteiger partial charge in [0.1, 0.15) is 5.69 Å². The van der Waals surface area contributed by atoms with Crippen molar-refractivity contribution in [3.05, 3.63) is 11.9 Å². The van der Waals surface area contributed by atoms with Crippen LogP contribution in [0.15, 0.2) is 6.20 Å². The molecule has 1 heterocycles. The predicted molar refractivity (Wildman–Crippen MR) is 78.6 cm³/mol. The van der Waals surface area contributed by atoms with Gasteiger partial charge in [-0.3, -0.25) is 11.3 Å². The Morgan fingerprint density at radius 1 is 1.20 bits per heavy atom. The summed E-state index contributed by atoms with van der Waals surface area (Å²) in [5.74, 6) is 6.53. The summed E-state index contributed by atoms with van der Waals surface area (Å²) in [5.41, 5.74) is 3.53. The summed E-state index contributed by atoms with van der Waals surface area (Å²) in [6, 6.07) is -0.0509. The van der Waals surface area contributed by atoms with Crippen molar-refractivity contribution in [1.29, 1.82) is 0 Å². The highest BCUT2D eigenvalue weighted by Crippen LogP contribution is 2.26. The minimum absolute atomic E-state index is 0.0509.